The number of benzene rings is 1. The van der Waals surface area contributed by atoms with Crippen LogP contribution in [0.15, 0.2) is 41.8 Å². The number of hydrogen-bond donors (Lipinski definition) is 2. The molecule has 1 atom stereocenters. The molecule has 2 aromatic rings. The number of unbranched alkanes of at least 4 members (excludes halogenated alkanes) is 1. The van der Waals surface area contributed by atoms with Gasteiger partial charge in [-0.2, -0.15) is 0 Å². The largest absolute Gasteiger partial charge is 0.348 e. The van der Waals surface area contributed by atoms with Gasteiger partial charge < -0.3 is 15.5 Å². The third kappa shape index (κ3) is 5.90. The molecule has 0 saturated carbocycles. The van der Waals surface area contributed by atoms with Gasteiger partial charge in [-0.3, -0.25) is 14.4 Å². The zero-order valence-electron chi connectivity index (χ0n) is 16.6. The molecular formula is C22H27N3O3S. The number of nitrogens with zero attached hydrogens (tertiary/aromatic N) is 1. The molecule has 1 aromatic heterocycles. The molecule has 3 amide bonds. The molecule has 0 aliphatic carbocycles. The van der Waals surface area contributed by atoms with Crippen LogP contribution in [0.25, 0.3) is 0 Å². The quantitative estimate of drug-likeness (QED) is 0.722. The summed E-state index contributed by atoms with van der Waals surface area (Å²) in [5.41, 5.74) is 1.12. The Balaban J connectivity index is 1.57. The number of carbonyl (C=O) groups excluding carboxylic acids is 3. The molecule has 0 radical (unpaired) electrons. The lowest BCUT2D eigenvalue weighted by atomic mass is 10.0. The van der Waals surface area contributed by atoms with E-state index in [1.165, 1.54) is 11.3 Å². The summed E-state index contributed by atoms with van der Waals surface area (Å²) in [4.78, 5) is 39.7. The Morgan fingerprint density at radius 2 is 2.07 bits per heavy atom. The summed E-state index contributed by atoms with van der Waals surface area (Å²) in [6.07, 6.45) is 3.98. The average Bonchev–Trinajstić information content (AvgIpc) is 3.27. The second-order valence-corrected chi connectivity index (χ2v) is 8.22. The Kier molecular flexibility index (Phi) is 7.41. The van der Waals surface area contributed by atoms with Crippen LogP contribution < -0.4 is 10.6 Å². The number of thiophene rings is 1. The molecule has 2 N–H and O–H groups in total. The van der Waals surface area contributed by atoms with E-state index in [-0.39, 0.29) is 23.8 Å². The number of amides is 3. The highest BCUT2D eigenvalue weighted by Gasteiger charge is 2.26. The summed E-state index contributed by atoms with van der Waals surface area (Å²) in [5, 5.41) is 7.77. The van der Waals surface area contributed by atoms with E-state index >= 15 is 0 Å². The molecule has 0 spiro atoms. The number of carbonyl (C=O) groups is 3. The SMILES string of the molecule is CCCCC(=O)Nc1cccc(C(=O)NC2CCCN(C(=O)c3cccs3)C2)c1. The molecule has 3 rings (SSSR count). The zero-order valence-corrected chi connectivity index (χ0v) is 17.5. The zero-order chi connectivity index (χ0) is 20.6. The average molecular weight is 414 g/mol. The van der Waals surface area contributed by atoms with Gasteiger partial charge in [0.2, 0.25) is 5.91 Å². The minimum Gasteiger partial charge on any atom is -0.348 e. The van der Waals surface area contributed by atoms with E-state index in [4.69, 9.17) is 0 Å². The third-order valence-corrected chi connectivity index (χ3v) is 5.80. The monoisotopic (exact) mass is 413 g/mol. The number of rotatable bonds is 7. The summed E-state index contributed by atoms with van der Waals surface area (Å²) in [7, 11) is 0. The van der Waals surface area contributed by atoms with Crippen LogP contribution in [0.2, 0.25) is 0 Å². The lowest BCUT2D eigenvalue weighted by Gasteiger charge is -2.33. The summed E-state index contributed by atoms with van der Waals surface area (Å²) < 4.78 is 0. The van der Waals surface area contributed by atoms with E-state index in [1.807, 2.05) is 29.3 Å². The van der Waals surface area contributed by atoms with Crippen molar-refractivity contribution in [1.82, 2.24) is 10.2 Å². The molecule has 1 fully saturated rings. The van der Waals surface area contributed by atoms with Crippen LogP contribution >= 0.6 is 11.3 Å². The summed E-state index contributed by atoms with van der Waals surface area (Å²) in [5.74, 6) is -0.208. The van der Waals surface area contributed by atoms with Crippen molar-refractivity contribution in [2.45, 2.75) is 45.1 Å². The Hall–Kier alpha value is -2.67. The molecular weight excluding hydrogens is 386 g/mol. The van der Waals surface area contributed by atoms with Crippen molar-refractivity contribution in [1.29, 1.82) is 0 Å². The van der Waals surface area contributed by atoms with Crippen LogP contribution in [0.5, 0.6) is 0 Å². The highest BCUT2D eigenvalue weighted by atomic mass is 32.1. The van der Waals surface area contributed by atoms with E-state index in [0.717, 1.165) is 30.6 Å². The van der Waals surface area contributed by atoms with Gasteiger partial charge in [-0.05, 0) is 48.9 Å². The fraction of sp³-hybridized carbons (Fsp3) is 0.409. The topological polar surface area (TPSA) is 78.5 Å². The molecule has 1 aliphatic heterocycles. The van der Waals surface area contributed by atoms with Crippen LogP contribution in [-0.4, -0.2) is 41.8 Å². The molecule has 0 bridgehead atoms. The van der Waals surface area contributed by atoms with Gasteiger partial charge >= 0.3 is 0 Å². The van der Waals surface area contributed by atoms with E-state index in [0.29, 0.717) is 30.8 Å². The Morgan fingerprint density at radius 3 is 2.83 bits per heavy atom. The smallest absolute Gasteiger partial charge is 0.263 e. The first-order valence-corrected chi connectivity index (χ1v) is 11.0. The fourth-order valence-electron chi connectivity index (χ4n) is 3.40. The number of piperidine rings is 1. The first kappa shape index (κ1) is 21.0. The van der Waals surface area contributed by atoms with Crippen molar-refractivity contribution >= 4 is 34.7 Å². The molecule has 7 heteroatoms. The summed E-state index contributed by atoms with van der Waals surface area (Å²) in [6, 6.07) is 10.6. The number of nitrogens with one attached hydrogen (secondary N) is 2. The van der Waals surface area contributed by atoms with Gasteiger partial charge in [-0.1, -0.05) is 25.5 Å². The van der Waals surface area contributed by atoms with Gasteiger partial charge in [-0.15, -0.1) is 11.3 Å². The van der Waals surface area contributed by atoms with Gasteiger partial charge in [0, 0.05) is 36.8 Å². The lowest BCUT2D eigenvalue weighted by molar-refractivity contribution is -0.116. The Morgan fingerprint density at radius 1 is 1.21 bits per heavy atom. The van der Waals surface area contributed by atoms with Crippen LogP contribution in [0, 0.1) is 0 Å². The van der Waals surface area contributed by atoms with Crippen LogP contribution in [-0.2, 0) is 4.79 Å². The molecule has 6 nitrogen and oxygen atoms in total. The van der Waals surface area contributed by atoms with E-state index < -0.39 is 0 Å². The van der Waals surface area contributed by atoms with Crippen molar-refractivity contribution in [3.05, 3.63) is 52.2 Å². The van der Waals surface area contributed by atoms with E-state index in [2.05, 4.69) is 10.6 Å². The maximum Gasteiger partial charge on any atom is 0.263 e. The predicted molar refractivity (Wildman–Crippen MR) is 115 cm³/mol. The minimum atomic E-state index is -0.190. The minimum absolute atomic E-state index is 0.0238. The molecule has 1 aliphatic rings. The first-order chi connectivity index (χ1) is 14.1. The van der Waals surface area contributed by atoms with E-state index in [1.54, 1.807) is 24.3 Å². The highest BCUT2D eigenvalue weighted by Crippen LogP contribution is 2.18. The lowest BCUT2D eigenvalue weighted by Crippen LogP contribution is -2.49. The first-order valence-electron chi connectivity index (χ1n) is 10.1. The normalized spacial score (nSPS) is 16.3. The molecule has 154 valence electrons. The highest BCUT2D eigenvalue weighted by molar-refractivity contribution is 7.12. The van der Waals surface area contributed by atoms with E-state index in [9.17, 15) is 14.4 Å². The van der Waals surface area contributed by atoms with Gasteiger partial charge in [0.25, 0.3) is 11.8 Å². The molecule has 1 unspecified atom stereocenters. The standard InChI is InChI=1S/C22H27N3O3S/c1-2-3-11-20(26)23-17-8-4-7-16(14-17)21(27)24-18-9-5-12-25(15-18)22(28)19-10-6-13-29-19/h4,6-8,10,13-14,18H,2-3,5,9,11-12,15H2,1H3,(H,23,26)(H,24,27). The second-order valence-electron chi connectivity index (χ2n) is 7.27. The van der Waals surface area contributed by atoms with Gasteiger partial charge in [0.1, 0.15) is 0 Å². The maximum atomic E-state index is 12.7. The summed E-state index contributed by atoms with van der Waals surface area (Å²) >= 11 is 1.43. The molecule has 2 heterocycles. The second kappa shape index (κ2) is 10.2. The number of anilines is 1. The van der Waals surface area contributed by atoms with Crippen molar-refractivity contribution in [3.63, 3.8) is 0 Å². The third-order valence-electron chi connectivity index (χ3n) is 4.94. The molecule has 29 heavy (non-hydrogen) atoms. The van der Waals surface area contributed by atoms with Crippen LogP contribution in [0.3, 0.4) is 0 Å². The predicted octanol–water partition coefficient (Wildman–Crippen LogP) is 3.91. The van der Waals surface area contributed by atoms with Crippen molar-refractivity contribution in [2.24, 2.45) is 0 Å². The van der Waals surface area contributed by atoms with Crippen LogP contribution in [0.4, 0.5) is 5.69 Å². The van der Waals surface area contributed by atoms with Crippen molar-refractivity contribution in [3.8, 4) is 0 Å². The van der Waals surface area contributed by atoms with Gasteiger partial charge in [0.15, 0.2) is 0 Å². The van der Waals surface area contributed by atoms with Gasteiger partial charge in [0.05, 0.1) is 4.88 Å². The molecule has 1 aromatic carbocycles. The van der Waals surface area contributed by atoms with Crippen LogP contribution in [0.1, 0.15) is 59.1 Å². The fourth-order valence-corrected chi connectivity index (χ4v) is 4.09. The Bertz CT molecular complexity index is 851. The molecule has 1 saturated heterocycles. The van der Waals surface area contributed by atoms with Gasteiger partial charge in [-0.25, -0.2) is 0 Å². The number of likely N-dealkylation sites (tertiary alicyclic amines) is 1. The number of hydrogen-bond acceptors (Lipinski definition) is 4. The maximum absolute atomic E-state index is 12.7. The van der Waals surface area contributed by atoms with Crippen molar-refractivity contribution < 1.29 is 14.4 Å². The van der Waals surface area contributed by atoms with Crippen molar-refractivity contribution in [2.75, 3.05) is 18.4 Å². The Labute approximate surface area is 175 Å². The summed E-state index contributed by atoms with van der Waals surface area (Å²) in [6.45, 7) is 3.26.